The molecule has 0 aliphatic carbocycles. The van der Waals surface area contributed by atoms with E-state index in [0.29, 0.717) is 4.47 Å². The van der Waals surface area contributed by atoms with E-state index in [-0.39, 0.29) is 17.2 Å². The lowest BCUT2D eigenvalue weighted by Gasteiger charge is -2.10. The van der Waals surface area contributed by atoms with Crippen molar-refractivity contribution >= 4 is 33.2 Å². The summed E-state index contributed by atoms with van der Waals surface area (Å²) < 4.78 is 40.2. The number of hydrogen-bond acceptors (Lipinski definition) is 2. The van der Waals surface area contributed by atoms with Gasteiger partial charge in [-0.25, -0.2) is 4.98 Å². The van der Waals surface area contributed by atoms with Gasteiger partial charge >= 0.3 is 6.18 Å². The number of imidazole rings is 1. The third kappa shape index (κ3) is 2.99. The van der Waals surface area contributed by atoms with Gasteiger partial charge in [-0.15, -0.1) is 0 Å². The highest BCUT2D eigenvalue weighted by Crippen LogP contribution is 2.38. The van der Waals surface area contributed by atoms with Crippen LogP contribution in [0.15, 0.2) is 27.8 Å². The van der Waals surface area contributed by atoms with Gasteiger partial charge in [-0.2, -0.15) is 13.2 Å². The number of hydrogen-bond donors (Lipinski definition) is 0. The summed E-state index contributed by atoms with van der Waals surface area (Å²) >= 11 is 8.99. The Bertz CT molecular complexity index is 749. The molecule has 0 radical (unpaired) electrons. The predicted octanol–water partition coefficient (Wildman–Crippen LogP) is 5.56. The summed E-state index contributed by atoms with van der Waals surface area (Å²) in [4.78, 5) is 6.09. The molecule has 0 amide bonds. The Morgan fingerprint density at radius 1 is 1.43 bits per heavy atom. The lowest BCUT2D eigenvalue weighted by molar-refractivity contribution is -0.140. The van der Waals surface area contributed by atoms with Gasteiger partial charge in [-0.05, 0) is 30.7 Å². The summed E-state index contributed by atoms with van der Waals surface area (Å²) in [5.41, 5.74) is 7.71. The number of aryl methyl sites for hydroxylation is 1. The zero-order chi connectivity index (χ0) is 15.8. The summed E-state index contributed by atoms with van der Waals surface area (Å²) in [5.74, 6) is 0.0315. The highest BCUT2D eigenvalue weighted by Gasteiger charge is 2.38. The van der Waals surface area contributed by atoms with Crippen LogP contribution in [0.4, 0.5) is 18.9 Å². The predicted molar refractivity (Wildman–Crippen MR) is 74.8 cm³/mol. The van der Waals surface area contributed by atoms with Gasteiger partial charge in [0.2, 0.25) is 0 Å². The van der Waals surface area contributed by atoms with Crippen LogP contribution in [0.5, 0.6) is 0 Å². The van der Waals surface area contributed by atoms with Gasteiger partial charge in [-0.3, -0.25) is 4.57 Å². The molecule has 0 unspecified atom stereocenters. The molecule has 0 aliphatic rings. The van der Waals surface area contributed by atoms with Crippen LogP contribution in [0.2, 0.25) is 5.15 Å². The molecule has 0 fully saturated rings. The van der Waals surface area contributed by atoms with E-state index in [0.717, 1.165) is 4.57 Å². The van der Waals surface area contributed by atoms with Gasteiger partial charge in [0.1, 0.15) is 11.0 Å². The molecular formula is C11H6BrClF3N5. The van der Waals surface area contributed by atoms with Crippen LogP contribution in [0.3, 0.4) is 0 Å². The average Bonchev–Trinajstić information content (AvgIpc) is 2.66. The van der Waals surface area contributed by atoms with Crippen molar-refractivity contribution in [3.63, 3.8) is 0 Å². The number of nitrogens with zero attached hydrogens (tertiary/aromatic N) is 5. The first-order chi connectivity index (χ1) is 9.75. The minimum Gasteiger partial charge on any atom is -0.286 e. The smallest absolute Gasteiger partial charge is 0.286 e. The maximum absolute atomic E-state index is 12.8. The van der Waals surface area contributed by atoms with Crippen LogP contribution in [0.25, 0.3) is 16.1 Å². The molecule has 0 atom stereocenters. The van der Waals surface area contributed by atoms with Crippen LogP contribution < -0.4 is 0 Å². The number of benzene rings is 1. The summed E-state index contributed by atoms with van der Waals surface area (Å²) in [6.45, 7) is 1.38. The minimum absolute atomic E-state index is 0.0315. The molecule has 0 spiro atoms. The highest BCUT2D eigenvalue weighted by atomic mass is 79.9. The van der Waals surface area contributed by atoms with Crippen LogP contribution in [-0.2, 0) is 6.18 Å². The maximum atomic E-state index is 12.8. The van der Waals surface area contributed by atoms with Crippen molar-refractivity contribution in [1.82, 2.24) is 9.55 Å². The fourth-order valence-electron chi connectivity index (χ4n) is 1.78. The second kappa shape index (κ2) is 5.59. The number of azide groups is 1. The molecule has 0 bridgehead atoms. The van der Waals surface area contributed by atoms with Crippen LogP contribution in [0, 0.1) is 6.92 Å². The summed E-state index contributed by atoms with van der Waals surface area (Å²) in [6.07, 6.45) is -4.67. The Hall–Kier alpha value is -1.70. The molecule has 5 nitrogen and oxygen atoms in total. The van der Waals surface area contributed by atoms with Crippen molar-refractivity contribution in [3.05, 3.63) is 49.8 Å². The van der Waals surface area contributed by atoms with Crippen molar-refractivity contribution in [2.24, 2.45) is 5.11 Å². The van der Waals surface area contributed by atoms with Gasteiger partial charge in [0.15, 0.2) is 5.69 Å². The number of halogens is 5. The van der Waals surface area contributed by atoms with E-state index in [1.807, 2.05) is 0 Å². The first kappa shape index (κ1) is 15.7. The van der Waals surface area contributed by atoms with Crippen LogP contribution >= 0.6 is 27.5 Å². The van der Waals surface area contributed by atoms with Gasteiger partial charge in [0, 0.05) is 9.38 Å². The third-order valence-electron chi connectivity index (χ3n) is 2.59. The molecule has 1 aromatic carbocycles. The highest BCUT2D eigenvalue weighted by molar-refractivity contribution is 9.10. The van der Waals surface area contributed by atoms with Crippen molar-refractivity contribution < 1.29 is 13.2 Å². The second-order valence-electron chi connectivity index (χ2n) is 3.95. The van der Waals surface area contributed by atoms with Gasteiger partial charge in [0.05, 0.1) is 11.4 Å². The van der Waals surface area contributed by atoms with E-state index in [4.69, 9.17) is 17.1 Å². The van der Waals surface area contributed by atoms with Crippen LogP contribution in [-0.4, -0.2) is 9.55 Å². The second-order valence-corrected chi connectivity index (χ2v) is 5.23. The van der Waals surface area contributed by atoms with Crippen LogP contribution in [0.1, 0.15) is 11.5 Å². The van der Waals surface area contributed by atoms with E-state index in [1.165, 1.54) is 19.1 Å². The van der Waals surface area contributed by atoms with E-state index in [2.05, 4.69) is 30.9 Å². The molecule has 21 heavy (non-hydrogen) atoms. The molecule has 110 valence electrons. The van der Waals surface area contributed by atoms with Crippen molar-refractivity contribution in [2.45, 2.75) is 13.1 Å². The molecule has 1 aromatic heterocycles. The number of rotatable bonds is 2. The molecule has 0 saturated heterocycles. The fraction of sp³-hybridized carbons (Fsp3) is 0.182. The Balaban J connectivity index is 2.74. The average molecular weight is 381 g/mol. The number of alkyl halides is 3. The lowest BCUT2D eigenvalue weighted by Crippen LogP contribution is -2.06. The molecule has 0 N–H and O–H groups in total. The summed E-state index contributed by atoms with van der Waals surface area (Å²) in [6, 6.07) is 4.54. The van der Waals surface area contributed by atoms with E-state index in [1.54, 1.807) is 6.07 Å². The normalized spacial score (nSPS) is 11.3. The fourth-order valence-corrected chi connectivity index (χ4v) is 2.49. The first-order valence-electron chi connectivity index (χ1n) is 5.42. The van der Waals surface area contributed by atoms with Crippen molar-refractivity contribution in [1.29, 1.82) is 0 Å². The lowest BCUT2D eigenvalue weighted by atomic mass is 10.2. The molecular weight excluding hydrogens is 375 g/mol. The topological polar surface area (TPSA) is 66.6 Å². The Kier molecular flexibility index (Phi) is 4.18. The molecule has 10 heteroatoms. The standard InChI is InChI=1S/C11H6BrClF3N5/c1-5-18-9(11(14,15)16)10(13)21(5)8-3-2-6(12)4-7(8)19-20-17/h2-4H,1H3. The van der Waals surface area contributed by atoms with Gasteiger partial charge in [0.25, 0.3) is 0 Å². The van der Waals surface area contributed by atoms with Crippen molar-refractivity contribution in [2.75, 3.05) is 0 Å². The zero-order valence-electron chi connectivity index (χ0n) is 10.4. The zero-order valence-corrected chi connectivity index (χ0v) is 12.7. The largest absolute Gasteiger partial charge is 0.436 e. The Labute approximate surface area is 130 Å². The van der Waals surface area contributed by atoms with Gasteiger partial charge < -0.3 is 0 Å². The van der Waals surface area contributed by atoms with E-state index >= 15 is 0 Å². The Morgan fingerprint density at radius 3 is 2.62 bits per heavy atom. The Morgan fingerprint density at radius 2 is 2.10 bits per heavy atom. The third-order valence-corrected chi connectivity index (χ3v) is 3.43. The van der Waals surface area contributed by atoms with E-state index < -0.39 is 17.0 Å². The molecule has 0 saturated carbocycles. The summed E-state index contributed by atoms with van der Waals surface area (Å²) in [7, 11) is 0. The van der Waals surface area contributed by atoms with E-state index in [9.17, 15) is 13.2 Å². The first-order valence-corrected chi connectivity index (χ1v) is 6.60. The maximum Gasteiger partial charge on any atom is 0.436 e. The molecule has 1 heterocycles. The minimum atomic E-state index is -4.67. The number of aromatic nitrogens is 2. The monoisotopic (exact) mass is 379 g/mol. The molecule has 0 aliphatic heterocycles. The van der Waals surface area contributed by atoms with Crippen molar-refractivity contribution in [3.8, 4) is 5.69 Å². The quantitative estimate of drug-likeness (QED) is 0.382. The SMILES string of the molecule is Cc1nc(C(F)(F)F)c(Cl)n1-c1ccc(Br)cc1N=[N+]=[N-]. The summed E-state index contributed by atoms with van der Waals surface area (Å²) in [5, 5.41) is 2.87. The van der Waals surface area contributed by atoms with Gasteiger partial charge in [-0.1, -0.05) is 32.6 Å². The molecule has 2 aromatic rings. The molecule has 2 rings (SSSR count).